The van der Waals surface area contributed by atoms with Crippen LogP contribution in [0.15, 0.2) is 30.3 Å². The number of nitrogens with two attached hydrogens (primary N) is 1. The highest BCUT2D eigenvalue weighted by molar-refractivity contribution is 5.76. The van der Waals surface area contributed by atoms with Crippen molar-refractivity contribution < 1.29 is 19.4 Å². The average Bonchev–Trinajstić information content (AvgIpc) is 3.00. The van der Waals surface area contributed by atoms with E-state index >= 15 is 0 Å². The van der Waals surface area contributed by atoms with Gasteiger partial charge >= 0.3 is 11.9 Å². The molecular weight excluding hydrogens is 272 g/mol. The van der Waals surface area contributed by atoms with Crippen molar-refractivity contribution in [1.29, 1.82) is 0 Å². The zero-order valence-electron chi connectivity index (χ0n) is 12.1. The molecule has 21 heavy (non-hydrogen) atoms. The quantitative estimate of drug-likeness (QED) is 0.713. The second kappa shape index (κ2) is 9.10. The minimum atomic E-state index is -0.963. The number of carboxylic acid groups (broad SMARTS) is 1. The first-order chi connectivity index (χ1) is 10.0. The van der Waals surface area contributed by atoms with Gasteiger partial charge in [-0.1, -0.05) is 30.3 Å². The highest BCUT2D eigenvalue weighted by atomic mass is 16.5. The van der Waals surface area contributed by atoms with Gasteiger partial charge in [-0.2, -0.15) is 0 Å². The van der Waals surface area contributed by atoms with Crippen LogP contribution in [0.4, 0.5) is 0 Å². The lowest BCUT2D eigenvalue weighted by Gasteiger charge is -2.09. The van der Waals surface area contributed by atoms with E-state index < -0.39 is 12.0 Å². The molecule has 2 atom stereocenters. The van der Waals surface area contributed by atoms with Crippen LogP contribution in [-0.2, 0) is 20.9 Å². The molecular formula is C15H22N2O4. The van der Waals surface area contributed by atoms with Crippen LogP contribution in [0.5, 0.6) is 0 Å². The molecule has 2 rings (SSSR count). The van der Waals surface area contributed by atoms with Crippen LogP contribution in [0, 0.1) is 0 Å². The molecule has 1 aliphatic rings. The first kappa shape index (κ1) is 17.1. The summed E-state index contributed by atoms with van der Waals surface area (Å²) < 4.78 is 5.21. The Bertz CT molecular complexity index is 442. The van der Waals surface area contributed by atoms with E-state index in [4.69, 9.17) is 15.6 Å². The Balaban J connectivity index is 0.000000315. The SMILES string of the molecule is CC(N)C(=O)O.O=C(OCc1ccccc1)C1CCCN1. The Morgan fingerprint density at radius 2 is 2.05 bits per heavy atom. The van der Waals surface area contributed by atoms with Gasteiger partial charge in [-0.15, -0.1) is 0 Å². The fourth-order valence-electron chi connectivity index (χ4n) is 1.72. The lowest BCUT2D eigenvalue weighted by atomic mass is 10.2. The number of carboxylic acids is 1. The van der Waals surface area contributed by atoms with Gasteiger partial charge in [-0.3, -0.25) is 9.59 Å². The fraction of sp³-hybridized carbons (Fsp3) is 0.467. The van der Waals surface area contributed by atoms with Gasteiger partial charge in [0.05, 0.1) is 0 Å². The molecule has 4 N–H and O–H groups in total. The number of ether oxygens (including phenoxy) is 1. The van der Waals surface area contributed by atoms with Crippen molar-refractivity contribution in [2.45, 2.75) is 38.5 Å². The summed E-state index contributed by atoms with van der Waals surface area (Å²) in [5.41, 5.74) is 5.87. The fourth-order valence-corrected chi connectivity index (χ4v) is 1.72. The van der Waals surface area contributed by atoms with Crippen LogP contribution in [0.3, 0.4) is 0 Å². The summed E-state index contributed by atoms with van der Waals surface area (Å²) in [6.07, 6.45) is 1.96. The Morgan fingerprint density at radius 1 is 1.43 bits per heavy atom. The van der Waals surface area contributed by atoms with E-state index in [1.54, 1.807) is 0 Å². The third kappa shape index (κ3) is 6.87. The maximum Gasteiger partial charge on any atom is 0.323 e. The molecule has 0 radical (unpaired) electrons. The smallest absolute Gasteiger partial charge is 0.323 e. The molecule has 116 valence electrons. The Morgan fingerprint density at radius 3 is 2.52 bits per heavy atom. The van der Waals surface area contributed by atoms with Crippen molar-refractivity contribution in [3.05, 3.63) is 35.9 Å². The summed E-state index contributed by atoms with van der Waals surface area (Å²) in [4.78, 5) is 21.1. The maximum absolute atomic E-state index is 11.5. The molecule has 1 heterocycles. The zero-order valence-corrected chi connectivity index (χ0v) is 12.1. The molecule has 2 unspecified atom stereocenters. The van der Waals surface area contributed by atoms with Crippen LogP contribution < -0.4 is 11.1 Å². The van der Waals surface area contributed by atoms with Crippen LogP contribution in [0.1, 0.15) is 25.3 Å². The zero-order chi connectivity index (χ0) is 15.7. The van der Waals surface area contributed by atoms with E-state index in [0.29, 0.717) is 6.61 Å². The average molecular weight is 294 g/mol. The van der Waals surface area contributed by atoms with Gasteiger partial charge in [0.2, 0.25) is 0 Å². The van der Waals surface area contributed by atoms with E-state index in [9.17, 15) is 9.59 Å². The predicted molar refractivity (Wildman–Crippen MR) is 78.5 cm³/mol. The Kier molecular flexibility index (Phi) is 7.42. The predicted octanol–water partition coefficient (Wildman–Crippen LogP) is 0.900. The molecule has 1 aliphatic heterocycles. The third-order valence-electron chi connectivity index (χ3n) is 2.96. The van der Waals surface area contributed by atoms with Gasteiger partial charge in [-0.25, -0.2) is 0 Å². The molecule has 0 spiro atoms. The van der Waals surface area contributed by atoms with Crippen LogP contribution in [0.2, 0.25) is 0 Å². The van der Waals surface area contributed by atoms with Crippen molar-refractivity contribution in [3.8, 4) is 0 Å². The van der Waals surface area contributed by atoms with E-state index in [2.05, 4.69) is 5.32 Å². The summed E-state index contributed by atoms with van der Waals surface area (Å²) in [6.45, 7) is 2.71. The number of benzene rings is 1. The lowest BCUT2D eigenvalue weighted by molar-refractivity contribution is -0.147. The lowest BCUT2D eigenvalue weighted by Crippen LogP contribution is -2.32. The number of nitrogens with one attached hydrogen (secondary N) is 1. The number of hydrogen-bond donors (Lipinski definition) is 3. The molecule has 0 bridgehead atoms. The van der Waals surface area contributed by atoms with Gasteiger partial charge in [-0.05, 0) is 31.9 Å². The number of rotatable bonds is 4. The highest BCUT2D eigenvalue weighted by Crippen LogP contribution is 2.08. The van der Waals surface area contributed by atoms with Crippen LogP contribution in [0.25, 0.3) is 0 Å². The Labute approximate surface area is 124 Å². The number of hydrogen-bond acceptors (Lipinski definition) is 5. The minimum Gasteiger partial charge on any atom is -0.480 e. The van der Waals surface area contributed by atoms with Gasteiger partial charge in [0, 0.05) is 0 Å². The first-order valence-electron chi connectivity index (χ1n) is 6.93. The highest BCUT2D eigenvalue weighted by Gasteiger charge is 2.23. The molecule has 6 nitrogen and oxygen atoms in total. The van der Waals surface area contributed by atoms with E-state index in [0.717, 1.165) is 24.9 Å². The second-order valence-electron chi connectivity index (χ2n) is 4.87. The summed E-state index contributed by atoms with van der Waals surface area (Å²) >= 11 is 0. The molecule has 0 aliphatic carbocycles. The normalized spacial score (nSPS) is 18.3. The molecule has 1 fully saturated rings. The van der Waals surface area contributed by atoms with E-state index in [1.807, 2.05) is 30.3 Å². The molecule has 0 aromatic heterocycles. The van der Waals surface area contributed by atoms with Crippen molar-refractivity contribution in [3.63, 3.8) is 0 Å². The molecule has 1 aromatic carbocycles. The van der Waals surface area contributed by atoms with E-state index in [-0.39, 0.29) is 12.0 Å². The number of carbonyl (C=O) groups excluding carboxylic acids is 1. The summed E-state index contributed by atoms with van der Waals surface area (Å²) in [5, 5.41) is 11.0. The molecule has 1 aromatic rings. The van der Waals surface area contributed by atoms with Gasteiger partial charge in [0.1, 0.15) is 18.7 Å². The second-order valence-corrected chi connectivity index (χ2v) is 4.87. The van der Waals surface area contributed by atoms with Crippen molar-refractivity contribution in [2.75, 3.05) is 6.54 Å². The number of aliphatic carboxylic acids is 1. The summed E-state index contributed by atoms with van der Waals surface area (Å²) in [7, 11) is 0. The minimum absolute atomic E-state index is 0.0892. The maximum atomic E-state index is 11.5. The largest absolute Gasteiger partial charge is 0.480 e. The van der Waals surface area contributed by atoms with Crippen molar-refractivity contribution >= 4 is 11.9 Å². The van der Waals surface area contributed by atoms with Crippen molar-refractivity contribution in [1.82, 2.24) is 5.32 Å². The summed E-state index contributed by atoms with van der Waals surface area (Å²) in [5.74, 6) is -1.09. The first-order valence-corrected chi connectivity index (χ1v) is 6.93. The molecule has 1 saturated heterocycles. The molecule has 6 heteroatoms. The van der Waals surface area contributed by atoms with E-state index in [1.165, 1.54) is 6.92 Å². The topological polar surface area (TPSA) is 102 Å². The van der Waals surface area contributed by atoms with Crippen LogP contribution in [-0.4, -0.2) is 35.7 Å². The Hall–Kier alpha value is -1.92. The van der Waals surface area contributed by atoms with Gasteiger partial charge in [0.15, 0.2) is 0 Å². The third-order valence-corrected chi connectivity index (χ3v) is 2.96. The van der Waals surface area contributed by atoms with Gasteiger partial charge < -0.3 is 20.9 Å². The van der Waals surface area contributed by atoms with Crippen molar-refractivity contribution in [2.24, 2.45) is 5.73 Å². The number of carbonyl (C=O) groups is 2. The standard InChI is InChI=1S/C12H15NO2.C3H7NO2/c14-12(11-7-4-8-13-11)15-9-10-5-2-1-3-6-10;1-2(4)3(5)6/h1-3,5-6,11,13H,4,7-9H2;2H,4H2,1H3,(H,5,6). The molecule has 0 amide bonds. The van der Waals surface area contributed by atoms with Gasteiger partial charge in [0.25, 0.3) is 0 Å². The summed E-state index contributed by atoms with van der Waals surface area (Å²) in [6, 6.07) is 8.92. The van der Waals surface area contributed by atoms with Crippen LogP contribution >= 0.6 is 0 Å². The number of esters is 1. The monoisotopic (exact) mass is 294 g/mol. The molecule has 0 saturated carbocycles.